The van der Waals surface area contributed by atoms with E-state index in [0.29, 0.717) is 6.54 Å². The lowest BCUT2D eigenvalue weighted by molar-refractivity contribution is -0.123. The Morgan fingerprint density at radius 3 is 2.45 bits per heavy atom. The molecule has 5 nitrogen and oxygen atoms in total. The largest absolute Gasteiger partial charge is 0.353 e. The lowest BCUT2D eigenvalue weighted by Crippen LogP contribution is -2.42. The van der Waals surface area contributed by atoms with E-state index < -0.39 is 5.82 Å². The van der Waals surface area contributed by atoms with Crippen molar-refractivity contribution in [2.75, 3.05) is 25.0 Å². The smallest absolute Gasteiger partial charge is 0.238 e. The molecule has 0 aromatic heterocycles. The number of amides is 2. The zero-order valence-electron chi connectivity index (χ0n) is 13.0. The molecule has 2 N–H and O–H groups in total. The maximum absolute atomic E-state index is 13.6. The summed E-state index contributed by atoms with van der Waals surface area (Å²) in [4.78, 5) is 25.3. The number of anilines is 1. The number of hydrogen-bond acceptors (Lipinski definition) is 3. The number of halogens is 2. The molecule has 0 bridgehead atoms. The molecule has 7 heteroatoms. The average molecular weight is 330 g/mol. The van der Waals surface area contributed by atoms with Crippen LogP contribution in [0.4, 0.5) is 10.1 Å². The fraction of sp³-hybridized carbons (Fsp3) is 0.467. The number of rotatable bonds is 7. The Morgan fingerprint density at radius 2 is 1.91 bits per heavy atom. The summed E-state index contributed by atoms with van der Waals surface area (Å²) < 4.78 is 13.6. The van der Waals surface area contributed by atoms with Crippen LogP contribution < -0.4 is 10.6 Å². The molecule has 1 rings (SSSR count). The highest BCUT2D eigenvalue weighted by atomic mass is 35.5. The lowest BCUT2D eigenvalue weighted by atomic mass is 10.3. The number of benzene rings is 1. The molecular weight excluding hydrogens is 309 g/mol. The summed E-state index contributed by atoms with van der Waals surface area (Å²) in [5, 5.41) is 5.49. The Bertz CT molecular complexity index is 538. The van der Waals surface area contributed by atoms with E-state index in [4.69, 9.17) is 11.6 Å². The van der Waals surface area contributed by atoms with E-state index >= 15 is 0 Å². The van der Waals surface area contributed by atoms with Gasteiger partial charge in [-0.15, -0.1) is 0 Å². The van der Waals surface area contributed by atoms with Gasteiger partial charge in [0.2, 0.25) is 11.8 Å². The molecular formula is C15H21ClFN3O2. The van der Waals surface area contributed by atoms with Gasteiger partial charge < -0.3 is 10.6 Å². The summed E-state index contributed by atoms with van der Waals surface area (Å²) in [6.07, 6.45) is 0. The molecule has 0 aliphatic rings. The van der Waals surface area contributed by atoms with Crippen LogP contribution >= 0.6 is 11.6 Å². The van der Waals surface area contributed by atoms with E-state index in [2.05, 4.69) is 10.6 Å². The van der Waals surface area contributed by atoms with E-state index in [1.807, 2.05) is 20.8 Å². The van der Waals surface area contributed by atoms with E-state index in [9.17, 15) is 14.0 Å². The fourth-order valence-electron chi connectivity index (χ4n) is 1.83. The van der Waals surface area contributed by atoms with Gasteiger partial charge in [-0.2, -0.15) is 0 Å². The number of hydrogen-bond donors (Lipinski definition) is 2. The lowest BCUT2D eigenvalue weighted by Gasteiger charge is -2.20. The highest BCUT2D eigenvalue weighted by Crippen LogP contribution is 2.18. The van der Waals surface area contributed by atoms with Gasteiger partial charge in [-0.1, -0.05) is 18.5 Å². The van der Waals surface area contributed by atoms with Gasteiger partial charge in [-0.05, 0) is 38.6 Å². The second-order valence-electron chi connectivity index (χ2n) is 5.20. The molecule has 122 valence electrons. The Labute approximate surface area is 134 Å². The number of nitrogens with one attached hydrogen (secondary N) is 2. The van der Waals surface area contributed by atoms with E-state index in [-0.39, 0.29) is 41.7 Å². The van der Waals surface area contributed by atoms with Gasteiger partial charge in [-0.3, -0.25) is 14.5 Å². The summed E-state index contributed by atoms with van der Waals surface area (Å²) >= 11 is 5.65. The van der Waals surface area contributed by atoms with E-state index in [1.165, 1.54) is 12.1 Å². The van der Waals surface area contributed by atoms with Crippen molar-refractivity contribution in [3.05, 3.63) is 29.0 Å². The molecule has 0 unspecified atom stereocenters. The Morgan fingerprint density at radius 1 is 1.27 bits per heavy atom. The summed E-state index contributed by atoms with van der Waals surface area (Å²) in [7, 11) is 0. The first-order chi connectivity index (χ1) is 10.3. The molecule has 0 saturated heterocycles. The van der Waals surface area contributed by atoms with Crippen molar-refractivity contribution in [2.45, 2.75) is 26.8 Å². The molecule has 0 heterocycles. The number of carbonyl (C=O) groups excluding carboxylic acids is 2. The average Bonchev–Trinajstić information content (AvgIpc) is 2.40. The van der Waals surface area contributed by atoms with Crippen LogP contribution in [0.3, 0.4) is 0 Å². The first kappa shape index (κ1) is 18.4. The summed E-state index contributed by atoms with van der Waals surface area (Å²) in [5.41, 5.74) is 0.0667. The topological polar surface area (TPSA) is 61.4 Å². The van der Waals surface area contributed by atoms with Gasteiger partial charge in [0.05, 0.1) is 18.8 Å². The molecule has 2 amide bonds. The predicted octanol–water partition coefficient (Wildman–Crippen LogP) is 2.26. The zero-order valence-corrected chi connectivity index (χ0v) is 13.7. The van der Waals surface area contributed by atoms with Crippen molar-refractivity contribution >= 4 is 29.1 Å². The van der Waals surface area contributed by atoms with Gasteiger partial charge in [0.1, 0.15) is 5.82 Å². The van der Waals surface area contributed by atoms with E-state index in [0.717, 1.165) is 6.07 Å². The third-order valence-corrected chi connectivity index (χ3v) is 3.07. The van der Waals surface area contributed by atoms with Gasteiger partial charge in [-0.25, -0.2) is 4.39 Å². The summed E-state index contributed by atoms with van der Waals surface area (Å²) in [5.74, 6) is -1.14. The molecule has 0 radical (unpaired) electrons. The normalized spacial score (nSPS) is 10.9. The van der Waals surface area contributed by atoms with Crippen LogP contribution in [0, 0.1) is 5.82 Å². The highest BCUT2D eigenvalue weighted by Gasteiger charge is 2.15. The SMILES string of the molecule is CCN(CC(=O)Nc1ccc(Cl)cc1F)CC(=O)NC(C)C. The molecule has 0 spiro atoms. The standard InChI is InChI=1S/C15H21ClFN3O2/c1-4-20(8-14(21)18-10(2)3)9-15(22)19-13-6-5-11(16)7-12(13)17/h5-7,10H,4,8-9H2,1-3H3,(H,18,21)(H,19,22). The third kappa shape index (κ3) is 6.41. The Balaban J connectivity index is 2.56. The van der Waals surface area contributed by atoms with Crippen LogP contribution in [0.25, 0.3) is 0 Å². The van der Waals surface area contributed by atoms with Gasteiger partial charge in [0.15, 0.2) is 0 Å². The zero-order chi connectivity index (χ0) is 16.7. The van der Waals surface area contributed by atoms with Crippen molar-refractivity contribution in [1.29, 1.82) is 0 Å². The third-order valence-electron chi connectivity index (χ3n) is 2.84. The Kier molecular flexibility index (Phi) is 7.27. The first-order valence-electron chi connectivity index (χ1n) is 7.08. The van der Waals surface area contributed by atoms with Gasteiger partial charge in [0, 0.05) is 11.1 Å². The second kappa shape index (κ2) is 8.70. The van der Waals surface area contributed by atoms with Crippen molar-refractivity contribution in [3.8, 4) is 0 Å². The van der Waals surface area contributed by atoms with Gasteiger partial charge >= 0.3 is 0 Å². The van der Waals surface area contributed by atoms with Crippen LogP contribution in [-0.2, 0) is 9.59 Å². The molecule has 0 aliphatic carbocycles. The minimum absolute atomic E-state index is 0.00405. The summed E-state index contributed by atoms with van der Waals surface area (Å²) in [6.45, 7) is 6.23. The predicted molar refractivity (Wildman–Crippen MR) is 85.4 cm³/mol. The van der Waals surface area contributed by atoms with Crippen molar-refractivity contribution < 1.29 is 14.0 Å². The van der Waals surface area contributed by atoms with Crippen LogP contribution in [0.1, 0.15) is 20.8 Å². The maximum atomic E-state index is 13.6. The molecule has 0 fully saturated rings. The number of carbonyl (C=O) groups is 2. The van der Waals surface area contributed by atoms with Crippen LogP contribution in [0.5, 0.6) is 0 Å². The molecule has 0 aliphatic heterocycles. The first-order valence-corrected chi connectivity index (χ1v) is 7.46. The van der Waals surface area contributed by atoms with Crippen LogP contribution in [-0.4, -0.2) is 42.4 Å². The number of nitrogens with zero attached hydrogens (tertiary/aromatic N) is 1. The minimum atomic E-state index is -0.596. The van der Waals surface area contributed by atoms with Crippen LogP contribution in [0.15, 0.2) is 18.2 Å². The Hall–Kier alpha value is -1.66. The van der Waals surface area contributed by atoms with Crippen molar-refractivity contribution in [3.63, 3.8) is 0 Å². The van der Waals surface area contributed by atoms with Gasteiger partial charge in [0.25, 0.3) is 0 Å². The maximum Gasteiger partial charge on any atom is 0.238 e. The van der Waals surface area contributed by atoms with E-state index in [1.54, 1.807) is 4.90 Å². The second-order valence-corrected chi connectivity index (χ2v) is 5.63. The van der Waals surface area contributed by atoms with Crippen molar-refractivity contribution in [2.24, 2.45) is 0 Å². The van der Waals surface area contributed by atoms with Crippen molar-refractivity contribution in [1.82, 2.24) is 10.2 Å². The monoisotopic (exact) mass is 329 g/mol. The van der Waals surface area contributed by atoms with Crippen LogP contribution in [0.2, 0.25) is 5.02 Å². The molecule has 22 heavy (non-hydrogen) atoms. The minimum Gasteiger partial charge on any atom is -0.353 e. The molecule has 1 aromatic rings. The highest BCUT2D eigenvalue weighted by molar-refractivity contribution is 6.30. The molecule has 0 atom stereocenters. The molecule has 1 aromatic carbocycles. The number of likely N-dealkylation sites (N-methyl/N-ethyl adjacent to an activating group) is 1. The quantitative estimate of drug-likeness (QED) is 0.806. The summed E-state index contributed by atoms with van der Waals surface area (Å²) in [6, 6.07) is 4.07. The fourth-order valence-corrected chi connectivity index (χ4v) is 1.99. The molecule has 0 saturated carbocycles.